The molecule has 0 bridgehead atoms. The highest BCUT2D eigenvalue weighted by atomic mass is 16.2. The zero-order chi connectivity index (χ0) is 17.6. The van der Waals surface area contributed by atoms with E-state index < -0.39 is 0 Å². The number of aromatic nitrogens is 1. The molecule has 25 heavy (non-hydrogen) atoms. The van der Waals surface area contributed by atoms with E-state index in [1.54, 1.807) is 29.4 Å². The lowest BCUT2D eigenvalue weighted by atomic mass is 10.1. The van der Waals surface area contributed by atoms with E-state index in [2.05, 4.69) is 4.98 Å². The second-order valence-electron chi connectivity index (χ2n) is 6.40. The number of benzene rings is 1. The molecule has 1 aliphatic rings. The number of nitrogens with zero attached hydrogens (tertiary/aromatic N) is 3. The first-order valence-electron chi connectivity index (χ1n) is 8.71. The summed E-state index contributed by atoms with van der Waals surface area (Å²) in [5.41, 5.74) is 2.38. The van der Waals surface area contributed by atoms with Gasteiger partial charge in [-0.2, -0.15) is 0 Å². The molecular weight excluding hydrogens is 314 g/mol. The topological polar surface area (TPSA) is 53.5 Å². The standard InChI is InChI=1S/C20H23N3O2/c1-16-5-7-18(8-6-16)23(20(25)17-9-11-21-12-10-17)15-19(24)22-13-3-2-4-14-22/h5-12H,2-4,13-15H2,1H3. The molecule has 2 heterocycles. The third-order valence-corrected chi connectivity index (χ3v) is 4.52. The molecule has 0 aliphatic carbocycles. The number of aryl methyl sites for hydroxylation is 1. The van der Waals surface area contributed by atoms with Gasteiger partial charge in [0.2, 0.25) is 5.91 Å². The Bertz CT molecular complexity index is 722. The van der Waals surface area contributed by atoms with Gasteiger partial charge in [0, 0.05) is 36.7 Å². The van der Waals surface area contributed by atoms with Gasteiger partial charge in [-0.05, 0) is 50.5 Å². The predicted molar refractivity (Wildman–Crippen MR) is 97.5 cm³/mol. The average molecular weight is 337 g/mol. The van der Waals surface area contributed by atoms with Gasteiger partial charge in [-0.15, -0.1) is 0 Å². The second kappa shape index (κ2) is 7.92. The molecule has 5 nitrogen and oxygen atoms in total. The minimum Gasteiger partial charge on any atom is -0.341 e. The van der Waals surface area contributed by atoms with Crippen LogP contribution in [0.25, 0.3) is 0 Å². The fraction of sp³-hybridized carbons (Fsp3) is 0.350. The number of likely N-dealkylation sites (tertiary alicyclic amines) is 1. The molecule has 0 saturated carbocycles. The van der Waals surface area contributed by atoms with Crippen molar-refractivity contribution >= 4 is 17.5 Å². The normalized spacial score (nSPS) is 14.2. The van der Waals surface area contributed by atoms with Gasteiger partial charge in [0.05, 0.1) is 0 Å². The minimum atomic E-state index is -0.184. The first-order valence-corrected chi connectivity index (χ1v) is 8.71. The first kappa shape index (κ1) is 17.1. The summed E-state index contributed by atoms with van der Waals surface area (Å²) in [6, 6.07) is 11.0. The zero-order valence-corrected chi connectivity index (χ0v) is 14.5. The lowest BCUT2D eigenvalue weighted by Crippen LogP contribution is -2.45. The fourth-order valence-electron chi connectivity index (χ4n) is 3.03. The largest absolute Gasteiger partial charge is 0.341 e. The lowest BCUT2D eigenvalue weighted by molar-refractivity contribution is -0.130. The van der Waals surface area contributed by atoms with Gasteiger partial charge < -0.3 is 4.90 Å². The monoisotopic (exact) mass is 337 g/mol. The van der Waals surface area contributed by atoms with Crippen LogP contribution in [0.5, 0.6) is 0 Å². The zero-order valence-electron chi connectivity index (χ0n) is 14.5. The molecule has 1 aliphatic heterocycles. The highest BCUT2D eigenvalue weighted by molar-refractivity contribution is 6.08. The molecule has 2 aromatic rings. The van der Waals surface area contributed by atoms with Gasteiger partial charge in [0.25, 0.3) is 5.91 Å². The summed E-state index contributed by atoms with van der Waals surface area (Å²) in [5.74, 6) is -0.181. The summed E-state index contributed by atoms with van der Waals surface area (Å²) in [4.78, 5) is 33.1. The van der Waals surface area contributed by atoms with E-state index in [4.69, 9.17) is 0 Å². The number of pyridine rings is 1. The van der Waals surface area contributed by atoms with Crippen LogP contribution in [0.2, 0.25) is 0 Å². The van der Waals surface area contributed by atoms with Crippen molar-refractivity contribution < 1.29 is 9.59 Å². The summed E-state index contributed by atoms with van der Waals surface area (Å²) in [5, 5.41) is 0. The van der Waals surface area contributed by atoms with Gasteiger partial charge in [0.15, 0.2) is 0 Å². The van der Waals surface area contributed by atoms with Crippen molar-refractivity contribution in [3.8, 4) is 0 Å². The van der Waals surface area contributed by atoms with E-state index in [1.165, 1.54) is 6.42 Å². The molecule has 0 radical (unpaired) electrons. The number of hydrogen-bond acceptors (Lipinski definition) is 3. The first-order chi connectivity index (χ1) is 12.1. The number of hydrogen-bond donors (Lipinski definition) is 0. The fourth-order valence-corrected chi connectivity index (χ4v) is 3.03. The Morgan fingerprint density at radius 2 is 1.64 bits per heavy atom. The van der Waals surface area contributed by atoms with E-state index >= 15 is 0 Å². The smallest absolute Gasteiger partial charge is 0.258 e. The van der Waals surface area contributed by atoms with Crippen molar-refractivity contribution in [2.24, 2.45) is 0 Å². The van der Waals surface area contributed by atoms with Crippen molar-refractivity contribution in [2.75, 3.05) is 24.5 Å². The summed E-state index contributed by atoms with van der Waals surface area (Å²) in [6.07, 6.45) is 6.42. The maximum atomic E-state index is 13.0. The lowest BCUT2D eigenvalue weighted by Gasteiger charge is -2.30. The quantitative estimate of drug-likeness (QED) is 0.862. The Morgan fingerprint density at radius 3 is 2.28 bits per heavy atom. The molecule has 1 fully saturated rings. The Balaban J connectivity index is 1.84. The molecule has 1 aromatic carbocycles. The van der Waals surface area contributed by atoms with Crippen LogP contribution < -0.4 is 4.90 Å². The average Bonchev–Trinajstić information content (AvgIpc) is 2.67. The highest BCUT2D eigenvalue weighted by Gasteiger charge is 2.24. The van der Waals surface area contributed by atoms with E-state index in [-0.39, 0.29) is 18.4 Å². The molecule has 3 rings (SSSR count). The van der Waals surface area contributed by atoms with Crippen molar-refractivity contribution in [1.29, 1.82) is 0 Å². The van der Waals surface area contributed by atoms with E-state index in [1.807, 2.05) is 36.1 Å². The van der Waals surface area contributed by atoms with Gasteiger partial charge in [-0.25, -0.2) is 0 Å². The van der Waals surface area contributed by atoms with Crippen LogP contribution in [0.1, 0.15) is 35.2 Å². The molecule has 1 saturated heterocycles. The predicted octanol–water partition coefficient (Wildman–Crippen LogP) is 3.05. The maximum absolute atomic E-state index is 13.0. The van der Waals surface area contributed by atoms with Crippen LogP contribution in [-0.2, 0) is 4.79 Å². The number of rotatable bonds is 4. The Labute approximate surface area is 148 Å². The molecule has 2 amide bonds. The van der Waals surface area contributed by atoms with Crippen molar-refractivity contribution in [2.45, 2.75) is 26.2 Å². The van der Waals surface area contributed by atoms with E-state index in [0.29, 0.717) is 5.56 Å². The van der Waals surface area contributed by atoms with E-state index in [0.717, 1.165) is 37.2 Å². The molecule has 0 unspecified atom stereocenters. The minimum absolute atomic E-state index is 0.00248. The molecular formula is C20H23N3O2. The molecule has 1 aromatic heterocycles. The van der Waals surface area contributed by atoms with Gasteiger partial charge in [0.1, 0.15) is 6.54 Å². The molecule has 5 heteroatoms. The maximum Gasteiger partial charge on any atom is 0.258 e. The SMILES string of the molecule is Cc1ccc(N(CC(=O)N2CCCCC2)C(=O)c2ccncc2)cc1. The van der Waals surface area contributed by atoms with Crippen LogP contribution in [0, 0.1) is 6.92 Å². The number of carbonyl (C=O) groups excluding carboxylic acids is 2. The Morgan fingerprint density at radius 1 is 1.00 bits per heavy atom. The molecule has 0 atom stereocenters. The number of anilines is 1. The molecule has 0 N–H and O–H groups in total. The summed E-state index contributed by atoms with van der Waals surface area (Å²) in [7, 11) is 0. The number of amides is 2. The van der Waals surface area contributed by atoms with Crippen LogP contribution in [-0.4, -0.2) is 41.3 Å². The van der Waals surface area contributed by atoms with Crippen molar-refractivity contribution in [1.82, 2.24) is 9.88 Å². The third-order valence-electron chi connectivity index (χ3n) is 4.52. The number of carbonyl (C=O) groups is 2. The van der Waals surface area contributed by atoms with Crippen LogP contribution in [0.4, 0.5) is 5.69 Å². The van der Waals surface area contributed by atoms with E-state index in [9.17, 15) is 9.59 Å². The summed E-state index contributed by atoms with van der Waals surface area (Å²) < 4.78 is 0. The Hall–Kier alpha value is -2.69. The van der Waals surface area contributed by atoms with Crippen LogP contribution in [0.3, 0.4) is 0 Å². The van der Waals surface area contributed by atoms with Crippen molar-refractivity contribution in [3.05, 3.63) is 59.9 Å². The van der Waals surface area contributed by atoms with Crippen molar-refractivity contribution in [3.63, 3.8) is 0 Å². The summed E-state index contributed by atoms with van der Waals surface area (Å²) >= 11 is 0. The van der Waals surface area contributed by atoms with Gasteiger partial charge in [-0.3, -0.25) is 19.5 Å². The Kier molecular flexibility index (Phi) is 5.43. The second-order valence-corrected chi connectivity index (χ2v) is 6.40. The van der Waals surface area contributed by atoms with Gasteiger partial charge >= 0.3 is 0 Å². The van der Waals surface area contributed by atoms with Gasteiger partial charge in [-0.1, -0.05) is 17.7 Å². The molecule has 0 spiro atoms. The van der Waals surface area contributed by atoms with Crippen LogP contribution >= 0.6 is 0 Å². The highest BCUT2D eigenvalue weighted by Crippen LogP contribution is 2.19. The number of piperidine rings is 1. The third kappa shape index (κ3) is 4.24. The molecule has 130 valence electrons. The summed E-state index contributed by atoms with van der Waals surface area (Å²) in [6.45, 7) is 3.62. The van der Waals surface area contributed by atoms with Crippen LogP contribution in [0.15, 0.2) is 48.8 Å².